The van der Waals surface area contributed by atoms with Gasteiger partial charge in [-0.2, -0.15) is 0 Å². The van der Waals surface area contributed by atoms with Gasteiger partial charge in [0.05, 0.1) is 20.8 Å². The van der Waals surface area contributed by atoms with Gasteiger partial charge in [0, 0.05) is 0 Å². The summed E-state index contributed by atoms with van der Waals surface area (Å²) in [6, 6.07) is 10.4. The maximum Gasteiger partial charge on any atom is 0.203 e. The molecule has 0 amide bonds. The van der Waals surface area contributed by atoms with Gasteiger partial charge in [-0.1, -0.05) is 12.1 Å². The van der Waals surface area contributed by atoms with Crippen molar-refractivity contribution in [1.82, 2.24) is 0 Å². The van der Waals surface area contributed by atoms with Crippen LogP contribution in [0, 0.1) is 12.7 Å². The van der Waals surface area contributed by atoms with Gasteiger partial charge < -0.3 is 14.2 Å². The van der Waals surface area contributed by atoms with E-state index in [1.807, 2.05) is 19.1 Å². The van der Waals surface area contributed by atoms with Gasteiger partial charge in [0.25, 0.3) is 0 Å². The van der Waals surface area contributed by atoms with Gasteiger partial charge in [-0.15, -0.1) is 0 Å². The monoisotopic (exact) mass is 304 g/mol. The summed E-state index contributed by atoms with van der Waals surface area (Å²) in [5.41, 5.74) is 2.14. The molecule has 2 aromatic rings. The van der Waals surface area contributed by atoms with Crippen molar-refractivity contribution >= 4 is 0 Å². The number of rotatable bonds is 7. The molecule has 0 bridgehead atoms. The highest BCUT2D eigenvalue weighted by Crippen LogP contribution is 2.38. The summed E-state index contributed by atoms with van der Waals surface area (Å²) in [5, 5.41) is 0. The molecule has 0 aliphatic rings. The van der Waals surface area contributed by atoms with Gasteiger partial charge in [-0.3, -0.25) is 0 Å². The molecule has 0 fully saturated rings. The Kier molecular flexibility index (Phi) is 5.64. The first-order valence-corrected chi connectivity index (χ1v) is 7.24. The van der Waals surface area contributed by atoms with Crippen molar-refractivity contribution in [3.63, 3.8) is 0 Å². The number of methoxy groups -OCH3 is 2. The second kappa shape index (κ2) is 7.69. The van der Waals surface area contributed by atoms with Crippen molar-refractivity contribution in [2.24, 2.45) is 0 Å². The van der Waals surface area contributed by atoms with Crippen LogP contribution in [0.15, 0.2) is 36.4 Å². The number of hydrogen-bond acceptors (Lipinski definition) is 3. The maximum absolute atomic E-state index is 12.8. The van der Waals surface area contributed by atoms with Crippen molar-refractivity contribution in [1.29, 1.82) is 0 Å². The van der Waals surface area contributed by atoms with Gasteiger partial charge >= 0.3 is 0 Å². The summed E-state index contributed by atoms with van der Waals surface area (Å²) >= 11 is 0. The molecule has 0 N–H and O–H groups in total. The zero-order valence-corrected chi connectivity index (χ0v) is 13.2. The van der Waals surface area contributed by atoms with Gasteiger partial charge in [0.15, 0.2) is 11.5 Å². The Morgan fingerprint density at radius 3 is 2.09 bits per heavy atom. The predicted molar refractivity (Wildman–Crippen MR) is 84.5 cm³/mol. The van der Waals surface area contributed by atoms with Crippen LogP contribution < -0.4 is 14.2 Å². The van der Waals surface area contributed by atoms with E-state index < -0.39 is 0 Å². The minimum Gasteiger partial charge on any atom is -0.493 e. The Balaban J connectivity index is 1.95. The third-order valence-corrected chi connectivity index (χ3v) is 3.37. The summed E-state index contributed by atoms with van der Waals surface area (Å²) in [7, 11) is 3.22. The third kappa shape index (κ3) is 4.13. The van der Waals surface area contributed by atoms with Crippen molar-refractivity contribution in [3.05, 3.63) is 53.3 Å². The van der Waals surface area contributed by atoms with Crippen LogP contribution in [0.3, 0.4) is 0 Å². The molecular formula is C18H21FO3. The first-order chi connectivity index (χ1) is 10.6. The van der Waals surface area contributed by atoms with E-state index in [0.717, 1.165) is 24.0 Å². The molecule has 118 valence electrons. The molecule has 22 heavy (non-hydrogen) atoms. The summed E-state index contributed by atoms with van der Waals surface area (Å²) in [4.78, 5) is 0. The molecule has 0 aliphatic carbocycles. The number of hydrogen-bond donors (Lipinski definition) is 0. The number of ether oxygens (including phenoxy) is 3. The van der Waals surface area contributed by atoms with Crippen LogP contribution in [0.1, 0.15) is 17.5 Å². The average molecular weight is 304 g/mol. The average Bonchev–Trinajstić information content (AvgIpc) is 2.53. The molecule has 0 spiro atoms. The number of halogens is 1. The first kappa shape index (κ1) is 16.1. The van der Waals surface area contributed by atoms with Crippen molar-refractivity contribution < 1.29 is 18.6 Å². The minimum atomic E-state index is -0.214. The van der Waals surface area contributed by atoms with Crippen LogP contribution in [-0.2, 0) is 6.42 Å². The molecule has 3 nitrogen and oxygen atoms in total. The van der Waals surface area contributed by atoms with Crippen LogP contribution in [0.25, 0.3) is 0 Å². The summed E-state index contributed by atoms with van der Waals surface area (Å²) in [5.74, 6) is 1.74. The van der Waals surface area contributed by atoms with E-state index in [1.54, 1.807) is 26.4 Å². The lowest BCUT2D eigenvalue weighted by atomic mass is 10.1. The Bertz CT molecular complexity index is 583. The van der Waals surface area contributed by atoms with Crippen molar-refractivity contribution in [2.45, 2.75) is 19.8 Å². The van der Waals surface area contributed by atoms with Crippen LogP contribution in [0.2, 0.25) is 0 Å². The lowest BCUT2D eigenvalue weighted by Gasteiger charge is -2.15. The quantitative estimate of drug-likeness (QED) is 0.719. The number of aryl methyl sites for hydroxylation is 2. The highest BCUT2D eigenvalue weighted by molar-refractivity contribution is 5.53. The molecule has 0 radical (unpaired) electrons. The lowest BCUT2D eigenvalue weighted by Crippen LogP contribution is -2.03. The van der Waals surface area contributed by atoms with Crippen LogP contribution in [0.4, 0.5) is 4.39 Å². The summed E-state index contributed by atoms with van der Waals surface area (Å²) in [6.45, 7) is 2.51. The lowest BCUT2D eigenvalue weighted by molar-refractivity contribution is 0.271. The topological polar surface area (TPSA) is 27.7 Å². The smallest absolute Gasteiger partial charge is 0.203 e. The summed E-state index contributed by atoms with van der Waals surface area (Å²) in [6.07, 6.45) is 1.66. The van der Waals surface area contributed by atoms with E-state index in [4.69, 9.17) is 14.2 Å². The maximum atomic E-state index is 12.8. The normalized spacial score (nSPS) is 10.4. The highest BCUT2D eigenvalue weighted by atomic mass is 19.1. The van der Waals surface area contributed by atoms with Crippen molar-refractivity contribution in [3.8, 4) is 17.2 Å². The second-order valence-electron chi connectivity index (χ2n) is 5.08. The molecule has 0 unspecified atom stereocenters. The van der Waals surface area contributed by atoms with E-state index in [0.29, 0.717) is 23.9 Å². The molecule has 2 aromatic carbocycles. The Morgan fingerprint density at radius 1 is 0.955 bits per heavy atom. The molecule has 0 atom stereocenters. The van der Waals surface area contributed by atoms with Crippen molar-refractivity contribution in [2.75, 3.05) is 20.8 Å². The molecule has 4 heteroatoms. The number of benzene rings is 2. The van der Waals surface area contributed by atoms with Gasteiger partial charge in [-0.25, -0.2) is 4.39 Å². The Labute approximate surface area is 130 Å². The fourth-order valence-corrected chi connectivity index (χ4v) is 2.25. The zero-order valence-electron chi connectivity index (χ0n) is 13.2. The zero-order chi connectivity index (χ0) is 15.9. The predicted octanol–water partition coefficient (Wildman–Crippen LogP) is 4.16. The molecule has 2 rings (SSSR count). The molecule has 0 saturated carbocycles. The Hall–Kier alpha value is -2.23. The molecule has 0 aliphatic heterocycles. The first-order valence-electron chi connectivity index (χ1n) is 7.24. The largest absolute Gasteiger partial charge is 0.493 e. The second-order valence-corrected chi connectivity index (χ2v) is 5.08. The fraction of sp³-hybridized carbons (Fsp3) is 0.333. The van der Waals surface area contributed by atoms with Crippen LogP contribution >= 0.6 is 0 Å². The van der Waals surface area contributed by atoms with Crippen LogP contribution in [0.5, 0.6) is 17.2 Å². The summed E-state index contributed by atoms with van der Waals surface area (Å²) < 4.78 is 29.4. The Morgan fingerprint density at radius 2 is 1.55 bits per heavy atom. The van der Waals surface area contributed by atoms with Gasteiger partial charge in [-0.05, 0) is 55.2 Å². The fourth-order valence-electron chi connectivity index (χ4n) is 2.25. The van der Waals surface area contributed by atoms with Gasteiger partial charge in [0.1, 0.15) is 5.82 Å². The standard InChI is InChI=1S/C18H21FO3/c1-13-11-16(20-2)18(17(12-13)21-3)22-10-4-5-14-6-8-15(19)9-7-14/h6-9,11-12H,4-5,10H2,1-3H3. The van der Waals surface area contributed by atoms with E-state index in [9.17, 15) is 4.39 Å². The van der Waals surface area contributed by atoms with E-state index >= 15 is 0 Å². The van der Waals surface area contributed by atoms with E-state index in [2.05, 4.69) is 0 Å². The van der Waals surface area contributed by atoms with E-state index in [-0.39, 0.29) is 5.82 Å². The third-order valence-electron chi connectivity index (χ3n) is 3.37. The van der Waals surface area contributed by atoms with Crippen LogP contribution in [-0.4, -0.2) is 20.8 Å². The highest BCUT2D eigenvalue weighted by Gasteiger charge is 2.12. The SMILES string of the molecule is COc1cc(C)cc(OC)c1OCCCc1ccc(F)cc1. The van der Waals surface area contributed by atoms with Gasteiger partial charge in [0.2, 0.25) is 5.75 Å². The molecule has 0 heterocycles. The molecular weight excluding hydrogens is 283 g/mol. The molecule has 0 saturated heterocycles. The minimum absolute atomic E-state index is 0.214. The molecule has 0 aromatic heterocycles. The van der Waals surface area contributed by atoms with E-state index in [1.165, 1.54) is 12.1 Å².